The second kappa shape index (κ2) is 5.55. The number of hydrogen-bond acceptors (Lipinski definition) is 2. The summed E-state index contributed by atoms with van der Waals surface area (Å²) in [6.07, 6.45) is 6.30. The molecule has 1 saturated carbocycles. The first-order valence-corrected chi connectivity index (χ1v) is 7.01. The zero-order chi connectivity index (χ0) is 13.0. The molecule has 1 aromatic carbocycles. The molecule has 2 rings (SSSR count). The van der Waals surface area contributed by atoms with Crippen molar-refractivity contribution in [3.05, 3.63) is 35.4 Å². The van der Waals surface area contributed by atoms with E-state index in [-0.39, 0.29) is 11.6 Å². The lowest BCUT2D eigenvalue weighted by Gasteiger charge is -2.27. The Morgan fingerprint density at radius 3 is 2.28 bits per heavy atom. The zero-order valence-corrected chi connectivity index (χ0v) is 11.4. The Balaban J connectivity index is 2.06. The van der Waals surface area contributed by atoms with E-state index < -0.39 is 0 Å². The van der Waals surface area contributed by atoms with E-state index in [1.165, 1.54) is 18.4 Å². The average molecular weight is 246 g/mol. The van der Waals surface area contributed by atoms with Crippen molar-refractivity contribution in [2.24, 2.45) is 0 Å². The van der Waals surface area contributed by atoms with Gasteiger partial charge in [0, 0.05) is 0 Å². The molecular weight excluding hydrogens is 224 g/mol. The van der Waals surface area contributed by atoms with Gasteiger partial charge in [-0.05, 0) is 56.2 Å². The predicted molar refractivity (Wildman–Crippen MR) is 72.7 cm³/mol. The molecule has 1 aromatic rings. The minimum atomic E-state index is -0.194. The standard InChI is InChI=1S/C16H22O2/c1-3-13-7-9-14(10-8-13)15(17)18-16(4-2)11-5-6-12-16/h7-10H,3-6,11-12H2,1-2H3. The summed E-state index contributed by atoms with van der Waals surface area (Å²) in [5.74, 6) is -0.165. The van der Waals surface area contributed by atoms with Crippen LogP contribution < -0.4 is 0 Å². The van der Waals surface area contributed by atoms with E-state index in [0.717, 1.165) is 25.7 Å². The van der Waals surface area contributed by atoms with Crippen molar-refractivity contribution in [1.82, 2.24) is 0 Å². The smallest absolute Gasteiger partial charge is 0.338 e. The number of aryl methyl sites for hydroxylation is 1. The number of benzene rings is 1. The molecule has 98 valence electrons. The summed E-state index contributed by atoms with van der Waals surface area (Å²) < 4.78 is 5.77. The van der Waals surface area contributed by atoms with E-state index in [9.17, 15) is 4.79 Å². The van der Waals surface area contributed by atoms with Crippen LogP contribution in [-0.4, -0.2) is 11.6 Å². The van der Waals surface area contributed by atoms with Gasteiger partial charge in [-0.1, -0.05) is 26.0 Å². The monoisotopic (exact) mass is 246 g/mol. The molecule has 0 atom stereocenters. The molecule has 0 spiro atoms. The van der Waals surface area contributed by atoms with Gasteiger partial charge in [-0.15, -0.1) is 0 Å². The summed E-state index contributed by atoms with van der Waals surface area (Å²) >= 11 is 0. The fourth-order valence-corrected chi connectivity index (χ4v) is 2.68. The zero-order valence-electron chi connectivity index (χ0n) is 11.4. The molecule has 0 heterocycles. The normalized spacial score (nSPS) is 17.7. The van der Waals surface area contributed by atoms with Crippen molar-refractivity contribution in [2.45, 2.75) is 58.0 Å². The number of ether oxygens (including phenoxy) is 1. The molecule has 0 radical (unpaired) electrons. The van der Waals surface area contributed by atoms with E-state index in [2.05, 4.69) is 13.8 Å². The number of carbonyl (C=O) groups is 1. The van der Waals surface area contributed by atoms with Crippen molar-refractivity contribution in [3.63, 3.8) is 0 Å². The highest BCUT2D eigenvalue weighted by Gasteiger charge is 2.36. The average Bonchev–Trinajstić information content (AvgIpc) is 2.88. The highest BCUT2D eigenvalue weighted by Crippen LogP contribution is 2.36. The van der Waals surface area contributed by atoms with Crippen LogP contribution in [0.3, 0.4) is 0 Å². The van der Waals surface area contributed by atoms with E-state index in [1.807, 2.05) is 24.3 Å². The lowest BCUT2D eigenvalue weighted by molar-refractivity contribution is -0.0172. The van der Waals surface area contributed by atoms with Gasteiger partial charge in [0.05, 0.1) is 5.56 Å². The summed E-state index contributed by atoms with van der Waals surface area (Å²) in [7, 11) is 0. The van der Waals surface area contributed by atoms with Crippen LogP contribution >= 0.6 is 0 Å². The van der Waals surface area contributed by atoms with E-state index in [0.29, 0.717) is 5.56 Å². The fourth-order valence-electron chi connectivity index (χ4n) is 2.68. The van der Waals surface area contributed by atoms with Crippen molar-refractivity contribution in [1.29, 1.82) is 0 Å². The first-order chi connectivity index (χ1) is 8.69. The molecule has 0 amide bonds. The van der Waals surface area contributed by atoms with Crippen LogP contribution in [0.4, 0.5) is 0 Å². The SMILES string of the molecule is CCc1ccc(C(=O)OC2(CC)CCCC2)cc1. The molecule has 2 heteroatoms. The van der Waals surface area contributed by atoms with Crippen LogP contribution in [0.15, 0.2) is 24.3 Å². The maximum Gasteiger partial charge on any atom is 0.338 e. The maximum atomic E-state index is 12.1. The second-order valence-corrected chi connectivity index (χ2v) is 5.18. The van der Waals surface area contributed by atoms with Crippen LogP contribution in [0.2, 0.25) is 0 Å². The number of carbonyl (C=O) groups excluding carboxylic acids is 1. The van der Waals surface area contributed by atoms with Gasteiger partial charge in [0.1, 0.15) is 5.60 Å². The van der Waals surface area contributed by atoms with Gasteiger partial charge in [0.25, 0.3) is 0 Å². The minimum absolute atomic E-state index is 0.165. The third-order valence-corrected chi connectivity index (χ3v) is 4.07. The van der Waals surface area contributed by atoms with Crippen molar-refractivity contribution >= 4 is 5.97 Å². The fraction of sp³-hybridized carbons (Fsp3) is 0.562. The summed E-state index contributed by atoms with van der Waals surface area (Å²) in [4.78, 5) is 12.1. The van der Waals surface area contributed by atoms with Crippen molar-refractivity contribution in [3.8, 4) is 0 Å². The molecule has 18 heavy (non-hydrogen) atoms. The molecule has 1 aliphatic carbocycles. The quantitative estimate of drug-likeness (QED) is 0.747. The van der Waals surface area contributed by atoms with Crippen LogP contribution in [0.5, 0.6) is 0 Å². The molecule has 2 nitrogen and oxygen atoms in total. The Kier molecular flexibility index (Phi) is 4.05. The molecule has 0 N–H and O–H groups in total. The van der Waals surface area contributed by atoms with Gasteiger partial charge < -0.3 is 4.74 Å². The third-order valence-electron chi connectivity index (χ3n) is 4.07. The lowest BCUT2D eigenvalue weighted by atomic mass is 9.98. The first-order valence-electron chi connectivity index (χ1n) is 7.01. The van der Waals surface area contributed by atoms with Crippen LogP contribution in [0.25, 0.3) is 0 Å². The molecule has 1 fully saturated rings. The predicted octanol–water partition coefficient (Wildman–Crippen LogP) is 4.13. The molecule has 0 saturated heterocycles. The topological polar surface area (TPSA) is 26.3 Å². The molecule has 0 bridgehead atoms. The van der Waals surface area contributed by atoms with Gasteiger partial charge in [0.2, 0.25) is 0 Å². The van der Waals surface area contributed by atoms with E-state index in [4.69, 9.17) is 4.74 Å². The van der Waals surface area contributed by atoms with Crippen LogP contribution in [0.1, 0.15) is 61.9 Å². The Morgan fingerprint density at radius 1 is 1.17 bits per heavy atom. The van der Waals surface area contributed by atoms with Gasteiger partial charge in [0.15, 0.2) is 0 Å². The number of hydrogen-bond donors (Lipinski definition) is 0. The lowest BCUT2D eigenvalue weighted by Crippen LogP contribution is -2.31. The first kappa shape index (κ1) is 13.1. The molecule has 0 unspecified atom stereocenters. The van der Waals surface area contributed by atoms with E-state index >= 15 is 0 Å². The highest BCUT2D eigenvalue weighted by molar-refractivity contribution is 5.89. The molecule has 1 aliphatic rings. The maximum absolute atomic E-state index is 12.1. The van der Waals surface area contributed by atoms with Crippen LogP contribution in [0, 0.1) is 0 Å². The number of rotatable bonds is 4. The van der Waals surface area contributed by atoms with E-state index in [1.54, 1.807) is 0 Å². The summed E-state index contributed by atoms with van der Waals surface area (Å²) in [5.41, 5.74) is 1.73. The third kappa shape index (κ3) is 2.74. The Morgan fingerprint density at radius 2 is 1.78 bits per heavy atom. The Hall–Kier alpha value is -1.31. The molecular formula is C16H22O2. The Labute approximate surface area is 109 Å². The largest absolute Gasteiger partial charge is 0.455 e. The second-order valence-electron chi connectivity index (χ2n) is 5.18. The van der Waals surface area contributed by atoms with Crippen LogP contribution in [-0.2, 0) is 11.2 Å². The molecule has 0 aliphatic heterocycles. The van der Waals surface area contributed by atoms with Gasteiger partial charge in [-0.25, -0.2) is 4.79 Å². The Bertz CT molecular complexity index is 400. The van der Waals surface area contributed by atoms with Crippen molar-refractivity contribution < 1.29 is 9.53 Å². The van der Waals surface area contributed by atoms with Crippen molar-refractivity contribution in [2.75, 3.05) is 0 Å². The molecule has 0 aromatic heterocycles. The number of esters is 1. The summed E-state index contributed by atoms with van der Waals surface area (Å²) in [6, 6.07) is 7.76. The van der Waals surface area contributed by atoms with Gasteiger partial charge in [-0.3, -0.25) is 0 Å². The van der Waals surface area contributed by atoms with Gasteiger partial charge in [-0.2, -0.15) is 0 Å². The summed E-state index contributed by atoms with van der Waals surface area (Å²) in [6.45, 7) is 4.22. The minimum Gasteiger partial charge on any atom is -0.455 e. The summed E-state index contributed by atoms with van der Waals surface area (Å²) in [5, 5.41) is 0. The highest BCUT2D eigenvalue weighted by atomic mass is 16.6. The van der Waals surface area contributed by atoms with Gasteiger partial charge >= 0.3 is 5.97 Å².